The molecule has 20 heavy (non-hydrogen) atoms. The Bertz CT molecular complexity index is 469. The molecule has 2 rings (SSSR count). The predicted octanol–water partition coefficient (Wildman–Crippen LogP) is -0.638. The second-order valence-corrected chi connectivity index (χ2v) is 4.44. The number of anilines is 1. The van der Waals surface area contributed by atoms with Crippen molar-refractivity contribution in [2.45, 2.75) is 0 Å². The molecule has 4 N–H and O–H groups in total. The highest BCUT2D eigenvalue weighted by molar-refractivity contribution is 5.96. The van der Waals surface area contributed by atoms with Crippen LogP contribution in [-0.4, -0.2) is 49.7 Å². The summed E-state index contributed by atoms with van der Waals surface area (Å²) in [5.41, 5.74) is 9.32. The van der Waals surface area contributed by atoms with Gasteiger partial charge in [0.2, 0.25) is 0 Å². The molecule has 1 aliphatic heterocycles. The van der Waals surface area contributed by atoms with Gasteiger partial charge in [-0.25, -0.2) is 5.01 Å². The molecular weight excluding hydrogens is 260 g/mol. The molecule has 0 aliphatic carbocycles. The normalized spacial score (nSPS) is 15.6. The predicted molar refractivity (Wildman–Crippen MR) is 73.7 cm³/mol. The van der Waals surface area contributed by atoms with Crippen LogP contribution in [0.2, 0.25) is 0 Å². The number of hydrogen-bond donors (Lipinski definition) is 3. The van der Waals surface area contributed by atoms with Gasteiger partial charge < -0.3 is 15.8 Å². The van der Waals surface area contributed by atoms with Crippen molar-refractivity contribution in [3.8, 4) is 0 Å². The summed E-state index contributed by atoms with van der Waals surface area (Å²) in [7, 11) is 0. The van der Waals surface area contributed by atoms with E-state index >= 15 is 0 Å². The van der Waals surface area contributed by atoms with Crippen molar-refractivity contribution in [2.75, 3.05) is 38.6 Å². The second kappa shape index (κ2) is 6.88. The number of nitrogens with one attached hydrogen (secondary N) is 2. The molecule has 1 heterocycles. The van der Waals surface area contributed by atoms with Crippen LogP contribution >= 0.6 is 0 Å². The Morgan fingerprint density at radius 3 is 2.50 bits per heavy atom. The molecule has 1 aromatic carbocycles. The number of nitrogen functional groups attached to an aromatic ring is 1. The zero-order chi connectivity index (χ0) is 14.4. The molecule has 0 unspecified atom stereocenters. The van der Waals surface area contributed by atoms with Crippen LogP contribution in [0.1, 0.15) is 10.4 Å². The van der Waals surface area contributed by atoms with Gasteiger partial charge in [-0.15, -0.1) is 0 Å². The summed E-state index contributed by atoms with van der Waals surface area (Å²) in [6.45, 7) is 2.42. The van der Waals surface area contributed by atoms with Gasteiger partial charge in [0.25, 0.3) is 11.8 Å². The molecule has 0 radical (unpaired) electrons. The first-order chi connectivity index (χ1) is 9.65. The first-order valence-electron chi connectivity index (χ1n) is 6.41. The molecule has 0 spiro atoms. The third-order valence-electron chi connectivity index (χ3n) is 2.88. The molecule has 1 aliphatic rings. The van der Waals surface area contributed by atoms with E-state index in [0.717, 1.165) is 0 Å². The summed E-state index contributed by atoms with van der Waals surface area (Å²) in [5.74, 6) is -0.558. The summed E-state index contributed by atoms with van der Waals surface area (Å²) in [6, 6.07) is 6.51. The minimum absolute atomic E-state index is 0.0689. The molecule has 1 saturated heterocycles. The number of hydrogen-bond acceptors (Lipinski definition) is 5. The van der Waals surface area contributed by atoms with Crippen LogP contribution in [-0.2, 0) is 9.53 Å². The quantitative estimate of drug-likeness (QED) is 0.637. The van der Waals surface area contributed by atoms with Crippen molar-refractivity contribution in [1.29, 1.82) is 0 Å². The van der Waals surface area contributed by atoms with Crippen LogP contribution in [0.5, 0.6) is 0 Å². The number of carbonyl (C=O) groups is 2. The lowest BCUT2D eigenvalue weighted by atomic mass is 10.2. The van der Waals surface area contributed by atoms with Crippen LogP contribution in [0.3, 0.4) is 0 Å². The van der Waals surface area contributed by atoms with E-state index in [2.05, 4.69) is 10.7 Å². The third kappa shape index (κ3) is 4.22. The molecular formula is C13H18N4O3. The van der Waals surface area contributed by atoms with Gasteiger partial charge in [-0.3, -0.25) is 15.0 Å². The Labute approximate surface area is 117 Å². The molecule has 1 fully saturated rings. The van der Waals surface area contributed by atoms with Gasteiger partial charge in [0.15, 0.2) is 0 Å². The summed E-state index contributed by atoms with van der Waals surface area (Å²) in [6.07, 6.45) is 0. The fourth-order valence-electron chi connectivity index (χ4n) is 1.79. The van der Waals surface area contributed by atoms with Crippen LogP contribution in [0.25, 0.3) is 0 Å². The van der Waals surface area contributed by atoms with E-state index in [1.54, 1.807) is 29.3 Å². The number of amides is 2. The maximum atomic E-state index is 11.8. The Balaban J connectivity index is 1.75. The van der Waals surface area contributed by atoms with Gasteiger partial charge in [-0.05, 0) is 24.3 Å². The number of rotatable bonds is 4. The molecule has 0 aromatic heterocycles. The minimum Gasteiger partial charge on any atom is -0.399 e. The van der Waals surface area contributed by atoms with Crippen molar-refractivity contribution < 1.29 is 14.3 Å². The molecule has 7 heteroatoms. The lowest BCUT2D eigenvalue weighted by Crippen LogP contribution is -2.51. The number of morpholine rings is 1. The smallest absolute Gasteiger partial charge is 0.253 e. The van der Waals surface area contributed by atoms with Gasteiger partial charge in [-0.2, -0.15) is 0 Å². The van der Waals surface area contributed by atoms with E-state index in [1.165, 1.54) is 0 Å². The fourth-order valence-corrected chi connectivity index (χ4v) is 1.79. The number of benzene rings is 1. The van der Waals surface area contributed by atoms with Crippen molar-refractivity contribution in [3.63, 3.8) is 0 Å². The third-order valence-corrected chi connectivity index (χ3v) is 2.88. The number of carbonyl (C=O) groups excluding carboxylic acids is 2. The SMILES string of the molecule is Nc1ccc(C(=O)NCC(=O)NN2CCOCC2)cc1. The van der Waals surface area contributed by atoms with Gasteiger partial charge in [-0.1, -0.05) is 0 Å². The van der Waals surface area contributed by atoms with E-state index in [4.69, 9.17) is 10.5 Å². The lowest BCUT2D eigenvalue weighted by molar-refractivity contribution is -0.126. The van der Waals surface area contributed by atoms with Crippen molar-refractivity contribution in [3.05, 3.63) is 29.8 Å². The average molecular weight is 278 g/mol. The molecule has 0 saturated carbocycles. The maximum absolute atomic E-state index is 11.8. The Hall–Kier alpha value is -2.12. The summed E-state index contributed by atoms with van der Waals surface area (Å²) < 4.78 is 5.17. The molecule has 0 bridgehead atoms. The zero-order valence-corrected chi connectivity index (χ0v) is 11.1. The summed E-state index contributed by atoms with van der Waals surface area (Å²) in [4.78, 5) is 23.5. The van der Waals surface area contributed by atoms with Crippen LogP contribution < -0.4 is 16.5 Å². The summed E-state index contributed by atoms with van der Waals surface area (Å²) >= 11 is 0. The Morgan fingerprint density at radius 1 is 1.20 bits per heavy atom. The monoisotopic (exact) mass is 278 g/mol. The Kier molecular flexibility index (Phi) is 4.91. The number of nitrogens with zero attached hydrogens (tertiary/aromatic N) is 1. The minimum atomic E-state index is -0.304. The van der Waals surface area contributed by atoms with E-state index in [9.17, 15) is 9.59 Å². The average Bonchev–Trinajstić information content (AvgIpc) is 2.46. The van der Waals surface area contributed by atoms with E-state index in [-0.39, 0.29) is 18.4 Å². The van der Waals surface area contributed by atoms with E-state index in [0.29, 0.717) is 37.6 Å². The van der Waals surface area contributed by atoms with Gasteiger partial charge in [0.05, 0.1) is 19.8 Å². The highest BCUT2D eigenvalue weighted by atomic mass is 16.5. The topological polar surface area (TPSA) is 96.7 Å². The number of nitrogens with two attached hydrogens (primary N) is 1. The fraction of sp³-hybridized carbons (Fsp3) is 0.385. The van der Waals surface area contributed by atoms with Crippen molar-refractivity contribution in [2.24, 2.45) is 0 Å². The van der Waals surface area contributed by atoms with Gasteiger partial charge in [0.1, 0.15) is 0 Å². The highest BCUT2D eigenvalue weighted by Crippen LogP contribution is 2.04. The maximum Gasteiger partial charge on any atom is 0.253 e. The standard InChI is InChI=1S/C13H18N4O3/c14-11-3-1-10(2-4-11)13(19)15-9-12(18)16-17-5-7-20-8-6-17/h1-4H,5-9,14H2,(H,15,19)(H,16,18). The highest BCUT2D eigenvalue weighted by Gasteiger charge is 2.13. The Morgan fingerprint density at radius 2 is 1.85 bits per heavy atom. The van der Waals surface area contributed by atoms with E-state index in [1.807, 2.05) is 0 Å². The van der Waals surface area contributed by atoms with Gasteiger partial charge in [0, 0.05) is 24.3 Å². The van der Waals surface area contributed by atoms with Crippen molar-refractivity contribution in [1.82, 2.24) is 15.8 Å². The molecule has 1 aromatic rings. The van der Waals surface area contributed by atoms with Gasteiger partial charge >= 0.3 is 0 Å². The first-order valence-corrected chi connectivity index (χ1v) is 6.41. The first kappa shape index (κ1) is 14.3. The summed E-state index contributed by atoms with van der Waals surface area (Å²) in [5, 5.41) is 4.34. The zero-order valence-electron chi connectivity index (χ0n) is 11.1. The van der Waals surface area contributed by atoms with Crippen molar-refractivity contribution >= 4 is 17.5 Å². The second-order valence-electron chi connectivity index (χ2n) is 4.44. The van der Waals surface area contributed by atoms with Crippen LogP contribution in [0, 0.1) is 0 Å². The largest absolute Gasteiger partial charge is 0.399 e. The molecule has 0 atom stereocenters. The molecule has 2 amide bonds. The number of ether oxygens (including phenoxy) is 1. The van der Waals surface area contributed by atoms with Crippen LogP contribution in [0.4, 0.5) is 5.69 Å². The van der Waals surface area contributed by atoms with E-state index < -0.39 is 0 Å². The number of hydrazine groups is 1. The lowest BCUT2D eigenvalue weighted by Gasteiger charge is -2.26. The molecule has 108 valence electrons. The molecule has 7 nitrogen and oxygen atoms in total. The van der Waals surface area contributed by atoms with Crippen LogP contribution in [0.15, 0.2) is 24.3 Å².